The summed E-state index contributed by atoms with van der Waals surface area (Å²) < 4.78 is 0. The van der Waals surface area contributed by atoms with Crippen LogP contribution in [0.4, 0.5) is 5.69 Å². The third kappa shape index (κ3) is 11.1. The average molecular weight is 606 g/mol. The van der Waals surface area contributed by atoms with Crippen LogP contribution in [0.3, 0.4) is 0 Å². The van der Waals surface area contributed by atoms with Gasteiger partial charge < -0.3 is 36.9 Å². The molecule has 0 fully saturated rings. The summed E-state index contributed by atoms with van der Waals surface area (Å²) >= 11 is 0. The fraction of sp³-hybridized carbons (Fsp3) is 0.357. The van der Waals surface area contributed by atoms with E-state index in [1.54, 1.807) is 0 Å². The van der Waals surface area contributed by atoms with Gasteiger partial charge in [0.1, 0.15) is 0 Å². The first-order valence-corrected chi connectivity index (χ1v) is 6.93. The van der Waals surface area contributed by atoms with Crippen LogP contribution in [0, 0.1) is 0 Å². The Bertz CT molecular complexity index is 622. The van der Waals surface area contributed by atoms with Crippen molar-refractivity contribution in [1.82, 2.24) is 4.90 Å². The SMILES string of the molecule is Cl.Cl.NCC(N)C(=O)Nc1ccc([O-])c(CN(CC(=O)[O-])CC(=O)O)c1.[Pt+2]. The van der Waals surface area contributed by atoms with Gasteiger partial charge in [-0.15, -0.1) is 30.6 Å². The van der Waals surface area contributed by atoms with Gasteiger partial charge in [0.2, 0.25) is 5.91 Å². The van der Waals surface area contributed by atoms with Crippen LogP contribution in [-0.2, 0) is 42.0 Å². The van der Waals surface area contributed by atoms with Crippen molar-refractivity contribution in [3.8, 4) is 5.75 Å². The number of hydrogen-bond donors (Lipinski definition) is 4. The van der Waals surface area contributed by atoms with Crippen LogP contribution in [0.15, 0.2) is 18.2 Å². The second-order valence-corrected chi connectivity index (χ2v) is 5.06. The first-order chi connectivity index (χ1) is 11.2. The third-order valence-electron chi connectivity index (χ3n) is 3.02. The molecule has 27 heavy (non-hydrogen) atoms. The second kappa shape index (κ2) is 14.6. The monoisotopic (exact) mass is 605 g/mol. The molecule has 0 aliphatic rings. The number of amides is 1. The predicted octanol–water partition coefficient (Wildman–Crippen LogP) is -2.54. The standard InChI is InChI=1S/C14H20N4O6.2ClH.Pt/c15-4-10(16)14(24)17-9-1-2-11(19)8(3-9)5-18(6-12(20)21)7-13(22)23;;;/h1-3,10,19H,4-7,15-16H2,(H,17,24)(H,20,21)(H,22,23);2*1H;/q;;;+2/p-2. The molecule has 13 heteroatoms. The minimum atomic E-state index is -1.47. The van der Waals surface area contributed by atoms with Gasteiger partial charge in [-0.3, -0.25) is 14.5 Å². The molecular weight excluding hydrogens is 586 g/mol. The molecular formula is C14H20Cl2N4O6Pt. The number of carboxylic acid groups (broad SMARTS) is 2. The summed E-state index contributed by atoms with van der Waals surface area (Å²) in [6, 6.07) is 2.94. The number of aliphatic carboxylic acids is 2. The molecule has 10 nitrogen and oxygen atoms in total. The summed E-state index contributed by atoms with van der Waals surface area (Å²) in [7, 11) is 0. The summed E-state index contributed by atoms with van der Waals surface area (Å²) in [5, 5.41) is 33.8. The van der Waals surface area contributed by atoms with E-state index >= 15 is 0 Å². The van der Waals surface area contributed by atoms with E-state index in [2.05, 4.69) is 5.32 Å². The van der Waals surface area contributed by atoms with Crippen LogP contribution in [0.1, 0.15) is 5.56 Å². The minimum absolute atomic E-state index is 0. The summed E-state index contributed by atoms with van der Waals surface area (Å²) in [6.07, 6.45) is 0. The van der Waals surface area contributed by atoms with Crippen molar-refractivity contribution in [2.24, 2.45) is 11.5 Å². The smallest absolute Gasteiger partial charge is 0.872 e. The van der Waals surface area contributed by atoms with Gasteiger partial charge in [-0.2, -0.15) is 0 Å². The van der Waals surface area contributed by atoms with E-state index in [0.717, 1.165) is 4.90 Å². The number of rotatable bonds is 9. The Labute approximate surface area is 182 Å². The normalized spacial score (nSPS) is 10.6. The summed E-state index contributed by atoms with van der Waals surface area (Å²) in [6.45, 7) is -1.52. The van der Waals surface area contributed by atoms with Gasteiger partial charge in [0.05, 0.1) is 18.6 Å². The van der Waals surface area contributed by atoms with Crippen molar-refractivity contribution in [3.63, 3.8) is 0 Å². The maximum absolute atomic E-state index is 11.9. The fourth-order valence-electron chi connectivity index (χ4n) is 1.91. The molecule has 0 saturated carbocycles. The van der Waals surface area contributed by atoms with E-state index in [4.69, 9.17) is 16.6 Å². The number of carbonyl (C=O) groups excluding carboxylic acids is 2. The van der Waals surface area contributed by atoms with Crippen molar-refractivity contribution in [3.05, 3.63) is 23.8 Å². The zero-order valence-corrected chi connectivity index (χ0v) is 17.8. The zero-order valence-electron chi connectivity index (χ0n) is 13.9. The maximum atomic E-state index is 11.9. The largest absolute Gasteiger partial charge is 2.00 e. The first kappa shape index (κ1) is 30.3. The van der Waals surface area contributed by atoms with Crippen molar-refractivity contribution in [1.29, 1.82) is 0 Å². The third-order valence-corrected chi connectivity index (χ3v) is 3.02. The van der Waals surface area contributed by atoms with Crippen LogP contribution < -0.4 is 27.0 Å². The van der Waals surface area contributed by atoms with Gasteiger partial charge in [0.15, 0.2) is 0 Å². The molecule has 0 aliphatic heterocycles. The molecule has 156 valence electrons. The van der Waals surface area contributed by atoms with Gasteiger partial charge in [0.25, 0.3) is 0 Å². The van der Waals surface area contributed by atoms with Crippen LogP contribution >= 0.6 is 24.8 Å². The van der Waals surface area contributed by atoms with Crippen LogP contribution in [-0.4, -0.2) is 53.5 Å². The number of carbonyl (C=O) groups is 3. The molecule has 0 radical (unpaired) electrons. The van der Waals surface area contributed by atoms with Crippen LogP contribution in [0.25, 0.3) is 0 Å². The van der Waals surface area contributed by atoms with Crippen LogP contribution in [0.2, 0.25) is 0 Å². The minimum Gasteiger partial charge on any atom is -0.872 e. The molecule has 1 aromatic carbocycles. The quantitative estimate of drug-likeness (QED) is 0.235. The molecule has 0 bridgehead atoms. The molecule has 0 aliphatic carbocycles. The number of nitrogens with zero attached hydrogens (tertiary/aromatic N) is 1. The van der Waals surface area contributed by atoms with Crippen molar-refractivity contribution in [2.45, 2.75) is 12.6 Å². The molecule has 1 rings (SSSR count). The van der Waals surface area contributed by atoms with E-state index in [1.807, 2.05) is 0 Å². The van der Waals surface area contributed by atoms with E-state index in [0.29, 0.717) is 0 Å². The first-order valence-electron chi connectivity index (χ1n) is 6.93. The Morgan fingerprint density at radius 1 is 1.22 bits per heavy atom. The Morgan fingerprint density at radius 2 is 1.81 bits per heavy atom. The van der Waals surface area contributed by atoms with Gasteiger partial charge in [-0.1, -0.05) is 6.07 Å². The van der Waals surface area contributed by atoms with E-state index < -0.39 is 42.7 Å². The molecule has 0 spiro atoms. The van der Waals surface area contributed by atoms with Crippen molar-refractivity contribution in [2.75, 3.05) is 25.0 Å². The van der Waals surface area contributed by atoms with E-state index in [9.17, 15) is 24.6 Å². The zero-order chi connectivity index (χ0) is 18.3. The average Bonchev–Trinajstić information content (AvgIpc) is 2.48. The van der Waals surface area contributed by atoms with Gasteiger partial charge >= 0.3 is 27.0 Å². The molecule has 0 saturated heterocycles. The molecule has 6 N–H and O–H groups in total. The summed E-state index contributed by atoms with van der Waals surface area (Å²) in [4.78, 5) is 34.2. The second-order valence-electron chi connectivity index (χ2n) is 5.06. The number of benzene rings is 1. The molecule has 1 atom stereocenters. The Morgan fingerprint density at radius 3 is 2.30 bits per heavy atom. The van der Waals surface area contributed by atoms with E-state index in [1.165, 1.54) is 18.2 Å². The van der Waals surface area contributed by atoms with Gasteiger partial charge in [-0.05, 0) is 17.7 Å². The van der Waals surface area contributed by atoms with E-state index in [-0.39, 0.29) is 70.2 Å². The summed E-state index contributed by atoms with van der Waals surface area (Å²) in [5.74, 6) is -3.69. The maximum Gasteiger partial charge on any atom is 2.00 e. The summed E-state index contributed by atoms with van der Waals surface area (Å²) in [5.41, 5.74) is 11.1. The van der Waals surface area contributed by atoms with Gasteiger partial charge in [0, 0.05) is 25.3 Å². The van der Waals surface area contributed by atoms with Gasteiger partial charge in [-0.25, -0.2) is 0 Å². The molecule has 1 amide bonds. The topological polar surface area (TPSA) is 185 Å². The van der Waals surface area contributed by atoms with Crippen molar-refractivity contribution >= 4 is 48.3 Å². The number of carboxylic acids is 2. The molecule has 1 aromatic rings. The Hall–Kier alpha value is -1.42. The number of nitrogens with two attached hydrogens (primary N) is 2. The number of nitrogens with one attached hydrogen (secondary N) is 1. The predicted molar refractivity (Wildman–Crippen MR) is 94.0 cm³/mol. The number of halogens is 2. The molecule has 0 aromatic heterocycles. The number of anilines is 1. The Kier molecular flexibility index (Phi) is 16.4. The van der Waals surface area contributed by atoms with Crippen molar-refractivity contribution < 1.29 is 50.8 Å². The number of hydrogen-bond acceptors (Lipinski definition) is 8. The fourth-order valence-corrected chi connectivity index (χ4v) is 1.91. The Balaban J connectivity index is -0.00000192. The van der Waals surface area contributed by atoms with Crippen LogP contribution in [0.5, 0.6) is 5.75 Å². The molecule has 1 unspecified atom stereocenters. The molecule has 0 heterocycles.